The van der Waals surface area contributed by atoms with E-state index in [2.05, 4.69) is 0 Å². The zero-order valence-electron chi connectivity index (χ0n) is 9.15. The van der Waals surface area contributed by atoms with E-state index in [0.717, 1.165) is 0 Å². The number of aliphatic hydroxyl groups is 1. The van der Waals surface area contributed by atoms with E-state index in [9.17, 15) is 14.7 Å². The van der Waals surface area contributed by atoms with Crippen LogP contribution in [0.4, 0.5) is 0 Å². The van der Waals surface area contributed by atoms with Crippen molar-refractivity contribution >= 4 is 11.8 Å². The van der Waals surface area contributed by atoms with E-state index in [-0.39, 0.29) is 18.6 Å². The van der Waals surface area contributed by atoms with Gasteiger partial charge in [-0.1, -0.05) is 0 Å². The number of carbonyl (C=O) groups excluding carboxylic acids is 2. The van der Waals surface area contributed by atoms with Crippen LogP contribution in [0.2, 0.25) is 0 Å². The van der Waals surface area contributed by atoms with Gasteiger partial charge in [0.25, 0.3) is 0 Å². The molecule has 1 aliphatic rings. The fourth-order valence-electron chi connectivity index (χ4n) is 1.89. The lowest BCUT2D eigenvalue weighted by Gasteiger charge is -2.28. The maximum absolute atomic E-state index is 11.0. The molecule has 1 aliphatic heterocycles. The average Bonchev–Trinajstić information content (AvgIpc) is 2.22. The molecule has 1 rings (SSSR count). The highest BCUT2D eigenvalue weighted by Crippen LogP contribution is 2.34. The summed E-state index contributed by atoms with van der Waals surface area (Å²) in [5.41, 5.74) is -0.906. The summed E-state index contributed by atoms with van der Waals surface area (Å²) in [5.74, 6) is -0.503. The molecule has 0 spiro atoms. The fourth-order valence-corrected chi connectivity index (χ4v) is 1.89. The van der Waals surface area contributed by atoms with Crippen molar-refractivity contribution in [2.75, 3.05) is 0 Å². The first-order chi connectivity index (χ1) is 6.83. The molecule has 0 aromatic rings. The van der Waals surface area contributed by atoms with Crippen molar-refractivity contribution in [2.24, 2.45) is 0 Å². The molecule has 15 heavy (non-hydrogen) atoms. The van der Waals surface area contributed by atoms with Crippen molar-refractivity contribution in [3.63, 3.8) is 0 Å². The maximum atomic E-state index is 11.0. The highest BCUT2D eigenvalue weighted by molar-refractivity contribution is 5.77. The van der Waals surface area contributed by atoms with Gasteiger partial charge < -0.3 is 14.6 Å². The van der Waals surface area contributed by atoms with Gasteiger partial charge in [-0.2, -0.15) is 0 Å². The smallest absolute Gasteiger partial charge is 0.303 e. The van der Waals surface area contributed by atoms with Gasteiger partial charge in [0.15, 0.2) is 6.29 Å². The summed E-state index contributed by atoms with van der Waals surface area (Å²) in [6, 6.07) is 0. The van der Waals surface area contributed by atoms with Gasteiger partial charge in [0.2, 0.25) is 0 Å². The molecule has 86 valence electrons. The number of esters is 1. The minimum absolute atomic E-state index is 0.0660. The van der Waals surface area contributed by atoms with Crippen molar-refractivity contribution in [3.8, 4) is 0 Å². The summed E-state index contributed by atoms with van der Waals surface area (Å²) in [7, 11) is 0. The van der Waals surface area contributed by atoms with E-state index in [1.807, 2.05) is 0 Å². The summed E-state index contributed by atoms with van der Waals surface area (Å²) in [4.78, 5) is 21.9. The second-order valence-corrected chi connectivity index (χ2v) is 4.10. The van der Waals surface area contributed by atoms with E-state index in [0.29, 0.717) is 0 Å². The second kappa shape index (κ2) is 4.28. The Morgan fingerprint density at radius 1 is 1.53 bits per heavy atom. The molecule has 0 saturated carbocycles. The molecule has 0 radical (unpaired) electrons. The van der Waals surface area contributed by atoms with Crippen molar-refractivity contribution < 1.29 is 24.2 Å². The largest absolute Gasteiger partial charge is 0.459 e. The number of Topliss-reactive ketones (excluding diaryl/α,β-unsaturated/α-hetero) is 1. The Kier molecular flexibility index (Phi) is 3.46. The van der Waals surface area contributed by atoms with E-state index < -0.39 is 24.0 Å². The Bertz CT molecular complexity index is 275. The van der Waals surface area contributed by atoms with Crippen LogP contribution in [0.1, 0.15) is 33.6 Å². The molecule has 1 N–H and O–H groups in total. The molecule has 0 aromatic heterocycles. The molecule has 1 unspecified atom stereocenters. The average molecular weight is 216 g/mol. The Morgan fingerprint density at radius 2 is 2.13 bits per heavy atom. The van der Waals surface area contributed by atoms with E-state index in [1.54, 1.807) is 6.92 Å². The van der Waals surface area contributed by atoms with Crippen LogP contribution >= 0.6 is 0 Å². The Labute approximate surface area is 88.4 Å². The van der Waals surface area contributed by atoms with Crippen LogP contribution in [0, 0.1) is 0 Å². The van der Waals surface area contributed by atoms with E-state index >= 15 is 0 Å². The van der Waals surface area contributed by atoms with Gasteiger partial charge >= 0.3 is 5.97 Å². The molecule has 5 heteroatoms. The number of carbonyl (C=O) groups is 2. The summed E-state index contributed by atoms with van der Waals surface area (Å²) in [6.07, 6.45) is -1.20. The monoisotopic (exact) mass is 216 g/mol. The molecule has 1 heterocycles. The first kappa shape index (κ1) is 12.1. The molecule has 1 fully saturated rings. The SMILES string of the molecule is CC(=O)C[C@@]1(C)OC(O)C[C@@H]1OC(C)=O. The Morgan fingerprint density at radius 3 is 2.60 bits per heavy atom. The molecule has 5 nitrogen and oxygen atoms in total. The van der Waals surface area contributed by atoms with Gasteiger partial charge in [-0.3, -0.25) is 9.59 Å². The number of hydrogen-bond donors (Lipinski definition) is 1. The lowest BCUT2D eigenvalue weighted by molar-refractivity contribution is -0.168. The maximum Gasteiger partial charge on any atom is 0.303 e. The molecule has 3 atom stereocenters. The molecular weight excluding hydrogens is 200 g/mol. The first-order valence-corrected chi connectivity index (χ1v) is 4.86. The number of ether oxygens (including phenoxy) is 2. The predicted octanol–water partition coefficient (Wildman–Crippen LogP) is 0.395. The van der Waals surface area contributed by atoms with Gasteiger partial charge in [0.05, 0.1) is 0 Å². The van der Waals surface area contributed by atoms with Gasteiger partial charge in [-0.15, -0.1) is 0 Å². The second-order valence-electron chi connectivity index (χ2n) is 4.10. The first-order valence-electron chi connectivity index (χ1n) is 4.86. The summed E-state index contributed by atoms with van der Waals surface area (Å²) in [5, 5.41) is 9.34. The van der Waals surface area contributed by atoms with Crippen molar-refractivity contribution in [1.82, 2.24) is 0 Å². The third-order valence-electron chi connectivity index (χ3n) is 2.41. The zero-order valence-corrected chi connectivity index (χ0v) is 9.15. The Hall–Kier alpha value is -0.940. The van der Waals surface area contributed by atoms with Gasteiger partial charge in [0, 0.05) is 19.8 Å². The predicted molar refractivity (Wildman–Crippen MR) is 51.0 cm³/mol. The fraction of sp³-hybridized carbons (Fsp3) is 0.800. The quantitative estimate of drug-likeness (QED) is 0.691. The van der Waals surface area contributed by atoms with Gasteiger partial charge in [0.1, 0.15) is 17.5 Å². The molecule has 0 bridgehead atoms. The standard InChI is InChI=1S/C10H16O5/c1-6(11)5-10(3)8(14-7(2)12)4-9(13)15-10/h8-9,13H,4-5H2,1-3H3/t8-,9?,10+/m0/s1. The van der Waals surface area contributed by atoms with Crippen LogP contribution in [-0.4, -0.2) is 34.9 Å². The lowest BCUT2D eigenvalue weighted by Crippen LogP contribution is -2.40. The van der Waals surface area contributed by atoms with Crippen molar-refractivity contribution in [3.05, 3.63) is 0 Å². The van der Waals surface area contributed by atoms with Crippen LogP contribution in [-0.2, 0) is 19.1 Å². The molecule has 0 aliphatic carbocycles. The minimum Gasteiger partial charge on any atom is -0.459 e. The highest BCUT2D eigenvalue weighted by atomic mass is 16.7. The molecule has 1 saturated heterocycles. The van der Waals surface area contributed by atoms with Crippen molar-refractivity contribution in [1.29, 1.82) is 0 Å². The molecular formula is C10H16O5. The normalized spacial score (nSPS) is 35.2. The van der Waals surface area contributed by atoms with E-state index in [4.69, 9.17) is 9.47 Å². The van der Waals surface area contributed by atoms with Crippen LogP contribution in [0.15, 0.2) is 0 Å². The van der Waals surface area contributed by atoms with Gasteiger partial charge in [-0.05, 0) is 13.8 Å². The summed E-state index contributed by atoms with van der Waals surface area (Å²) < 4.78 is 10.3. The van der Waals surface area contributed by atoms with Crippen LogP contribution in [0.5, 0.6) is 0 Å². The summed E-state index contributed by atoms with van der Waals surface area (Å²) >= 11 is 0. The summed E-state index contributed by atoms with van der Waals surface area (Å²) in [6.45, 7) is 4.39. The minimum atomic E-state index is -0.973. The zero-order chi connectivity index (χ0) is 11.6. The number of ketones is 1. The number of aliphatic hydroxyl groups excluding tert-OH is 1. The number of hydrogen-bond acceptors (Lipinski definition) is 5. The van der Waals surface area contributed by atoms with Crippen LogP contribution in [0.25, 0.3) is 0 Å². The highest BCUT2D eigenvalue weighted by Gasteiger charge is 2.47. The third-order valence-corrected chi connectivity index (χ3v) is 2.41. The lowest BCUT2D eigenvalue weighted by atomic mass is 9.93. The van der Waals surface area contributed by atoms with Crippen LogP contribution in [0.3, 0.4) is 0 Å². The van der Waals surface area contributed by atoms with Crippen molar-refractivity contribution in [2.45, 2.75) is 51.6 Å². The topological polar surface area (TPSA) is 72.8 Å². The van der Waals surface area contributed by atoms with Crippen LogP contribution < -0.4 is 0 Å². The molecule has 0 amide bonds. The van der Waals surface area contributed by atoms with Gasteiger partial charge in [-0.25, -0.2) is 0 Å². The number of rotatable bonds is 3. The van der Waals surface area contributed by atoms with E-state index in [1.165, 1.54) is 13.8 Å². The Balaban J connectivity index is 2.74. The molecule has 0 aromatic carbocycles. The third kappa shape index (κ3) is 3.00.